The minimum atomic E-state index is -0.836. The molecule has 1 rings (SSSR count). The van der Waals surface area contributed by atoms with Gasteiger partial charge in [0.2, 0.25) is 0 Å². The van der Waals surface area contributed by atoms with Gasteiger partial charge >= 0.3 is 6.09 Å². The molecule has 0 fully saturated rings. The minimum Gasteiger partial charge on any atom is -0.465 e. The summed E-state index contributed by atoms with van der Waals surface area (Å²) in [6.45, 7) is 5.17. The maximum absolute atomic E-state index is 11.0. The first-order valence-electron chi connectivity index (χ1n) is 5.67. The molecule has 88 valence electrons. The van der Waals surface area contributed by atoms with Crippen LogP contribution in [-0.4, -0.2) is 22.6 Å². The largest absolute Gasteiger partial charge is 0.465 e. The van der Waals surface area contributed by atoms with Crippen LogP contribution in [0, 0.1) is 6.92 Å². The molecule has 1 N–H and O–H groups in total. The summed E-state index contributed by atoms with van der Waals surface area (Å²) in [7, 11) is 0. The maximum atomic E-state index is 11.0. The van der Waals surface area contributed by atoms with E-state index in [-0.39, 0.29) is 0 Å². The van der Waals surface area contributed by atoms with E-state index in [2.05, 4.69) is 6.92 Å². The number of aryl methyl sites for hydroxylation is 1. The standard InChI is InChI=1S/C13H19NO2/c1-3-4-9-14(13(15)16)10-12-8-6-5-7-11(12)2/h5-8H,3-4,9-10H2,1-2H3,(H,15,16). The van der Waals surface area contributed by atoms with Crippen molar-refractivity contribution < 1.29 is 9.90 Å². The van der Waals surface area contributed by atoms with E-state index >= 15 is 0 Å². The van der Waals surface area contributed by atoms with E-state index in [4.69, 9.17) is 5.11 Å². The number of hydrogen-bond acceptors (Lipinski definition) is 1. The normalized spacial score (nSPS) is 10.1. The van der Waals surface area contributed by atoms with Gasteiger partial charge in [0, 0.05) is 13.1 Å². The van der Waals surface area contributed by atoms with E-state index in [9.17, 15) is 4.79 Å². The highest BCUT2D eigenvalue weighted by Crippen LogP contribution is 2.11. The van der Waals surface area contributed by atoms with Crippen molar-refractivity contribution in [2.75, 3.05) is 6.54 Å². The van der Waals surface area contributed by atoms with Crippen LogP contribution in [-0.2, 0) is 6.54 Å². The van der Waals surface area contributed by atoms with Crippen molar-refractivity contribution in [3.05, 3.63) is 35.4 Å². The molecule has 0 atom stereocenters. The fraction of sp³-hybridized carbons (Fsp3) is 0.462. The number of carboxylic acid groups (broad SMARTS) is 1. The second-order valence-corrected chi connectivity index (χ2v) is 3.98. The molecular weight excluding hydrogens is 202 g/mol. The monoisotopic (exact) mass is 221 g/mol. The van der Waals surface area contributed by atoms with Crippen LogP contribution in [0.2, 0.25) is 0 Å². The van der Waals surface area contributed by atoms with Crippen LogP contribution in [0.5, 0.6) is 0 Å². The van der Waals surface area contributed by atoms with Gasteiger partial charge < -0.3 is 10.0 Å². The summed E-state index contributed by atoms with van der Waals surface area (Å²) in [5.74, 6) is 0. The Bertz CT molecular complexity index is 350. The molecule has 0 aliphatic rings. The van der Waals surface area contributed by atoms with Gasteiger partial charge in [0.1, 0.15) is 0 Å². The van der Waals surface area contributed by atoms with E-state index in [0.29, 0.717) is 13.1 Å². The molecule has 0 radical (unpaired) electrons. The molecule has 1 amide bonds. The second kappa shape index (κ2) is 6.16. The van der Waals surface area contributed by atoms with E-state index in [1.807, 2.05) is 31.2 Å². The summed E-state index contributed by atoms with van der Waals surface area (Å²) in [5, 5.41) is 9.08. The third kappa shape index (κ3) is 3.57. The molecule has 16 heavy (non-hydrogen) atoms. The van der Waals surface area contributed by atoms with Crippen LogP contribution in [0.3, 0.4) is 0 Å². The van der Waals surface area contributed by atoms with Gasteiger partial charge in [0.05, 0.1) is 0 Å². The van der Waals surface area contributed by atoms with Gasteiger partial charge in [-0.05, 0) is 24.5 Å². The number of carbonyl (C=O) groups is 1. The lowest BCUT2D eigenvalue weighted by atomic mass is 10.1. The van der Waals surface area contributed by atoms with Crippen molar-refractivity contribution in [3.63, 3.8) is 0 Å². The molecule has 1 aromatic carbocycles. The zero-order valence-corrected chi connectivity index (χ0v) is 9.94. The molecule has 0 bridgehead atoms. The average Bonchev–Trinajstić information content (AvgIpc) is 2.26. The minimum absolute atomic E-state index is 0.488. The van der Waals surface area contributed by atoms with Crippen LogP contribution < -0.4 is 0 Å². The van der Waals surface area contributed by atoms with E-state index in [1.165, 1.54) is 4.90 Å². The zero-order valence-electron chi connectivity index (χ0n) is 9.94. The Morgan fingerprint density at radius 1 is 1.38 bits per heavy atom. The molecule has 1 aromatic rings. The summed E-state index contributed by atoms with van der Waals surface area (Å²) >= 11 is 0. The zero-order chi connectivity index (χ0) is 12.0. The van der Waals surface area contributed by atoms with Crippen molar-refractivity contribution in [2.45, 2.75) is 33.2 Å². The van der Waals surface area contributed by atoms with Gasteiger partial charge in [-0.3, -0.25) is 0 Å². The SMILES string of the molecule is CCCCN(Cc1ccccc1C)C(=O)O. The predicted octanol–water partition coefficient (Wildman–Crippen LogP) is 3.28. The molecule has 0 aromatic heterocycles. The average molecular weight is 221 g/mol. The fourth-order valence-corrected chi connectivity index (χ4v) is 1.58. The van der Waals surface area contributed by atoms with Gasteiger partial charge in [0.25, 0.3) is 0 Å². The molecule has 0 spiro atoms. The molecular formula is C13H19NO2. The smallest absolute Gasteiger partial charge is 0.407 e. The molecule has 3 nitrogen and oxygen atoms in total. The summed E-state index contributed by atoms with van der Waals surface area (Å²) in [6.07, 6.45) is 1.09. The number of hydrogen-bond donors (Lipinski definition) is 1. The van der Waals surface area contributed by atoms with Crippen molar-refractivity contribution >= 4 is 6.09 Å². The lowest BCUT2D eigenvalue weighted by Crippen LogP contribution is -2.30. The van der Waals surface area contributed by atoms with Gasteiger partial charge in [-0.2, -0.15) is 0 Å². The maximum Gasteiger partial charge on any atom is 0.407 e. The Balaban J connectivity index is 2.68. The third-order valence-electron chi connectivity index (χ3n) is 2.67. The van der Waals surface area contributed by atoms with Crippen molar-refractivity contribution in [3.8, 4) is 0 Å². The molecule has 0 aliphatic heterocycles. The number of unbranched alkanes of at least 4 members (excludes halogenated alkanes) is 1. The van der Waals surface area contributed by atoms with Crippen molar-refractivity contribution in [1.82, 2.24) is 4.90 Å². The van der Waals surface area contributed by atoms with Crippen LogP contribution in [0.25, 0.3) is 0 Å². The van der Waals surface area contributed by atoms with Crippen LogP contribution in [0.15, 0.2) is 24.3 Å². The molecule has 0 aliphatic carbocycles. The van der Waals surface area contributed by atoms with Crippen LogP contribution in [0.4, 0.5) is 4.79 Å². The van der Waals surface area contributed by atoms with Gasteiger partial charge in [-0.15, -0.1) is 0 Å². The second-order valence-electron chi connectivity index (χ2n) is 3.98. The topological polar surface area (TPSA) is 40.5 Å². The summed E-state index contributed by atoms with van der Waals surface area (Å²) in [4.78, 5) is 12.5. The molecule has 3 heteroatoms. The lowest BCUT2D eigenvalue weighted by molar-refractivity contribution is 0.141. The first-order chi connectivity index (χ1) is 7.65. The van der Waals surface area contributed by atoms with E-state index < -0.39 is 6.09 Å². The first-order valence-corrected chi connectivity index (χ1v) is 5.67. The summed E-state index contributed by atoms with van der Waals surface area (Å²) < 4.78 is 0. The van der Waals surface area contributed by atoms with E-state index in [1.54, 1.807) is 0 Å². The molecule has 0 saturated carbocycles. The summed E-state index contributed by atoms with van der Waals surface area (Å²) in [6, 6.07) is 7.91. The quantitative estimate of drug-likeness (QED) is 0.829. The van der Waals surface area contributed by atoms with Crippen molar-refractivity contribution in [2.24, 2.45) is 0 Å². The highest BCUT2D eigenvalue weighted by Gasteiger charge is 2.12. The molecule has 0 unspecified atom stereocenters. The lowest BCUT2D eigenvalue weighted by Gasteiger charge is -2.19. The Labute approximate surface area is 96.7 Å². The Morgan fingerprint density at radius 3 is 2.62 bits per heavy atom. The van der Waals surface area contributed by atoms with Crippen molar-refractivity contribution in [1.29, 1.82) is 0 Å². The highest BCUT2D eigenvalue weighted by molar-refractivity contribution is 5.65. The number of nitrogens with zero attached hydrogens (tertiary/aromatic N) is 1. The number of benzene rings is 1. The highest BCUT2D eigenvalue weighted by atomic mass is 16.4. The first kappa shape index (κ1) is 12.6. The van der Waals surface area contributed by atoms with Gasteiger partial charge in [-0.1, -0.05) is 37.6 Å². The Morgan fingerprint density at radius 2 is 2.06 bits per heavy atom. The van der Waals surface area contributed by atoms with Crippen LogP contribution in [0.1, 0.15) is 30.9 Å². The van der Waals surface area contributed by atoms with Gasteiger partial charge in [-0.25, -0.2) is 4.79 Å². The third-order valence-corrected chi connectivity index (χ3v) is 2.67. The Kier molecular flexibility index (Phi) is 4.83. The fourth-order valence-electron chi connectivity index (χ4n) is 1.58. The number of rotatable bonds is 5. The van der Waals surface area contributed by atoms with E-state index in [0.717, 1.165) is 24.0 Å². The van der Waals surface area contributed by atoms with Crippen LogP contribution >= 0.6 is 0 Å². The number of amides is 1. The Hall–Kier alpha value is -1.51. The van der Waals surface area contributed by atoms with Gasteiger partial charge in [0.15, 0.2) is 0 Å². The predicted molar refractivity (Wildman–Crippen MR) is 64.5 cm³/mol. The molecule has 0 heterocycles. The summed E-state index contributed by atoms with van der Waals surface area (Å²) in [5.41, 5.74) is 2.23. The molecule has 0 saturated heterocycles.